The van der Waals surface area contributed by atoms with Gasteiger partial charge >= 0.3 is 0 Å². The second-order valence-electron chi connectivity index (χ2n) is 5.52. The quantitative estimate of drug-likeness (QED) is 0.422. The molecule has 0 heterocycles. The normalized spacial score (nSPS) is 11.3. The molecule has 0 fully saturated rings. The molecule has 25 heavy (non-hydrogen) atoms. The van der Waals surface area contributed by atoms with Crippen LogP contribution < -0.4 is 10.1 Å². The van der Waals surface area contributed by atoms with Crippen LogP contribution in [0.2, 0.25) is 0 Å². The second kappa shape index (κ2) is 11.8. The second-order valence-corrected chi connectivity index (χ2v) is 7.16. The lowest BCUT2D eigenvalue weighted by atomic mass is 10.3. The molecule has 1 rings (SSSR count). The fraction of sp³-hybridized carbons (Fsp3) is 0.588. The van der Waals surface area contributed by atoms with Gasteiger partial charge in [-0.05, 0) is 30.7 Å². The number of anilines is 1. The summed E-state index contributed by atoms with van der Waals surface area (Å²) in [5.74, 6) is 0.545. The SMILES string of the molecule is CCCCOCCC(=O)Nc1ccc(OCCCOS(C)(=O)=O)cc1. The number of rotatable bonds is 13. The van der Waals surface area contributed by atoms with Gasteiger partial charge in [-0.15, -0.1) is 0 Å². The highest BCUT2D eigenvalue weighted by Crippen LogP contribution is 2.16. The Morgan fingerprint density at radius 1 is 1.04 bits per heavy atom. The molecule has 0 atom stereocenters. The van der Waals surface area contributed by atoms with E-state index in [9.17, 15) is 13.2 Å². The van der Waals surface area contributed by atoms with E-state index < -0.39 is 10.1 Å². The van der Waals surface area contributed by atoms with E-state index in [0.717, 1.165) is 19.1 Å². The molecule has 0 unspecified atom stereocenters. The molecule has 0 aliphatic heterocycles. The number of carbonyl (C=O) groups is 1. The van der Waals surface area contributed by atoms with Crippen LogP contribution in [0, 0.1) is 0 Å². The first-order chi connectivity index (χ1) is 11.9. The number of ether oxygens (including phenoxy) is 2. The molecule has 0 saturated carbocycles. The summed E-state index contributed by atoms with van der Waals surface area (Å²) in [6.07, 6.45) is 3.87. The van der Waals surface area contributed by atoms with Crippen molar-refractivity contribution in [3.63, 3.8) is 0 Å². The van der Waals surface area contributed by atoms with E-state index in [1.54, 1.807) is 24.3 Å². The average Bonchev–Trinajstić information content (AvgIpc) is 2.55. The van der Waals surface area contributed by atoms with Gasteiger partial charge in [-0.3, -0.25) is 8.98 Å². The number of hydrogen-bond acceptors (Lipinski definition) is 6. The summed E-state index contributed by atoms with van der Waals surface area (Å²) in [7, 11) is -3.40. The van der Waals surface area contributed by atoms with Gasteiger partial charge < -0.3 is 14.8 Å². The van der Waals surface area contributed by atoms with Crippen molar-refractivity contribution in [2.45, 2.75) is 32.6 Å². The molecule has 7 nitrogen and oxygen atoms in total. The van der Waals surface area contributed by atoms with Gasteiger partial charge in [0.2, 0.25) is 5.91 Å². The van der Waals surface area contributed by atoms with Crippen LogP contribution in [0.25, 0.3) is 0 Å². The monoisotopic (exact) mass is 373 g/mol. The molecular formula is C17H27NO6S. The Morgan fingerprint density at radius 2 is 1.76 bits per heavy atom. The molecule has 0 spiro atoms. The Labute approximate surface area is 149 Å². The van der Waals surface area contributed by atoms with E-state index in [1.807, 2.05) is 0 Å². The summed E-state index contributed by atoms with van der Waals surface area (Å²) < 4.78 is 37.0. The lowest BCUT2D eigenvalue weighted by Gasteiger charge is -2.09. The van der Waals surface area contributed by atoms with E-state index in [4.69, 9.17) is 9.47 Å². The number of benzene rings is 1. The summed E-state index contributed by atoms with van der Waals surface area (Å²) in [6, 6.07) is 6.98. The van der Waals surface area contributed by atoms with Crippen molar-refractivity contribution in [1.29, 1.82) is 0 Å². The molecule has 0 bridgehead atoms. The first-order valence-corrected chi connectivity index (χ1v) is 10.2. The maximum Gasteiger partial charge on any atom is 0.264 e. The van der Waals surface area contributed by atoms with Crippen molar-refractivity contribution in [3.05, 3.63) is 24.3 Å². The molecule has 142 valence electrons. The van der Waals surface area contributed by atoms with Crippen molar-refractivity contribution < 1.29 is 26.9 Å². The zero-order valence-corrected chi connectivity index (χ0v) is 15.6. The summed E-state index contributed by atoms with van der Waals surface area (Å²) >= 11 is 0. The van der Waals surface area contributed by atoms with Gasteiger partial charge in [-0.2, -0.15) is 8.42 Å². The summed E-state index contributed by atoms with van der Waals surface area (Å²) in [6.45, 7) is 3.63. The summed E-state index contributed by atoms with van der Waals surface area (Å²) in [4.78, 5) is 11.8. The number of carbonyl (C=O) groups excluding carboxylic acids is 1. The highest BCUT2D eigenvalue weighted by atomic mass is 32.2. The molecule has 0 saturated heterocycles. The fourth-order valence-corrected chi connectivity index (χ4v) is 2.25. The van der Waals surface area contributed by atoms with Gasteiger partial charge in [0.05, 0.1) is 32.5 Å². The highest BCUT2D eigenvalue weighted by molar-refractivity contribution is 7.85. The third-order valence-electron chi connectivity index (χ3n) is 3.11. The Bertz CT molecular complexity index is 600. The van der Waals surface area contributed by atoms with Crippen molar-refractivity contribution in [2.75, 3.05) is 38.0 Å². The van der Waals surface area contributed by atoms with Crippen LogP contribution in [0.1, 0.15) is 32.6 Å². The molecule has 1 aromatic carbocycles. The highest BCUT2D eigenvalue weighted by Gasteiger charge is 2.04. The number of hydrogen-bond donors (Lipinski definition) is 1. The maximum atomic E-state index is 11.8. The number of nitrogens with one attached hydrogen (secondary N) is 1. The lowest BCUT2D eigenvalue weighted by Crippen LogP contribution is -2.14. The maximum absolute atomic E-state index is 11.8. The van der Waals surface area contributed by atoms with Gasteiger partial charge in [-0.1, -0.05) is 13.3 Å². The summed E-state index contributed by atoms with van der Waals surface area (Å²) in [5.41, 5.74) is 0.686. The smallest absolute Gasteiger partial charge is 0.264 e. The minimum Gasteiger partial charge on any atom is -0.494 e. The first-order valence-electron chi connectivity index (χ1n) is 8.35. The predicted molar refractivity (Wildman–Crippen MR) is 96.3 cm³/mol. The zero-order chi connectivity index (χ0) is 18.5. The lowest BCUT2D eigenvalue weighted by molar-refractivity contribution is -0.117. The average molecular weight is 373 g/mol. The Hall–Kier alpha value is -1.64. The van der Waals surface area contributed by atoms with Crippen molar-refractivity contribution in [3.8, 4) is 5.75 Å². The minimum atomic E-state index is -3.40. The van der Waals surface area contributed by atoms with E-state index >= 15 is 0 Å². The molecule has 0 aromatic heterocycles. The largest absolute Gasteiger partial charge is 0.494 e. The Kier molecular flexibility index (Phi) is 10.1. The van der Waals surface area contributed by atoms with Gasteiger partial charge in [-0.25, -0.2) is 0 Å². The van der Waals surface area contributed by atoms with Crippen LogP contribution in [-0.4, -0.2) is 47.0 Å². The third-order valence-corrected chi connectivity index (χ3v) is 3.70. The van der Waals surface area contributed by atoms with E-state index in [2.05, 4.69) is 16.4 Å². The topological polar surface area (TPSA) is 90.9 Å². The molecule has 0 aliphatic rings. The standard InChI is InChI=1S/C17H27NO6S/c1-3-4-11-22-14-10-17(19)18-15-6-8-16(9-7-15)23-12-5-13-24-25(2,20)21/h6-9H,3-5,10-14H2,1-2H3,(H,18,19). The van der Waals surface area contributed by atoms with Crippen LogP contribution in [-0.2, 0) is 23.8 Å². The van der Waals surface area contributed by atoms with Crippen LogP contribution >= 0.6 is 0 Å². The Morgan fingerprint density at radius 3 is 2.40 bits per heavy atom. The molecule has 1 N–H and O–H groups in total. The molecule has 8 heteroatoms. The predicted octanol–water partition coefficient (Wildman–Crippen LogP) is 2.58. The third kappa shape index (κ3) is 11.5. The van der Waals surface area contributed by atoms with Gasteiger partial charge in [0, 0.05) is 18.7 Å². The molecule has 0 aliphatic carbocycles. The Balaban J connectivity index is 2.21. The van der Waals surface area contributed by atoms with Gasteiger partial charge in [0.15, 0.2) is 0 Å². The van der Waals surface area contributed by atoms with Crippen LogP contribution in [0.3, 0.4) is 0 Å². The number of amides is 1. The molecule has 0 radical (unpaired) electrons. The zero-order valence-electron chi connectivity index (χ0n) is 14.8. The molecule has 1 amide bonds. The van der Waals surface area contributed by atoms with Crippen LogP contribution in [0.5, 0.6) is 5.75 Å². The van der Waals surface area contributed by atoms with Crippen LogP contribution in [0.15, 0.2) is 24.3 Å². The van der Waals surface area contributed by atoms with Gasteiger partial charge in [0.1, 0.15) is 5.75 Å². The van der Waals surface area contributed by atoms with E-state index in [-0.39, 0.29) is 12.5 Å². The fourth-order valence-electron chi connectivity index (χ4n) is 1.83. The van der Waals surface area contributed by atoms with Crippen molar-refractivity contribution in [2.24, 2.45) is 0 Å². The first kappa shape index (κ1) is 21.4. The van der Waals surface area contributed by atoms with Gasteiger partial charge in [0.25, 0.3) is 10.1 Å². The van der Waals surface area contributed by atoms with E-state index in [0.29, 0.717) is 44.1 Å². The van der Waals surface area contributed by atoms with Crippen LogP contribution in [0.4, 0.5) is 5.69 Å². The van der Waals surface area contributed by atoms with Crippen molar-refractivity contribution in [1.82, 2.24) is 0 Å². The number of unbranched alkanes of at least 4 members (excludes halogenated alkanes) is 1. The summed E-state index contributed by atoms with van der Waals surface area (Å²) in [5, 5.41) is 2.79. The minimum absolute atomic E-state index is 0.0906. The van der Waals surface area contributed by atoms with E-state index in [1.165, 1.54) is 0 Å². The molecular weight excluding hydrogens is 346 g/mol. The van der Waals surface area contributed by atoms with Crippen molar-refractivity contribution >= 4 is 21.7 Å². The molecule has 1 aromatic rings.